The van der Waals surface area contributed by atoms with Crippen molar-refractivity contribution >= 4 is 0 Å². The van der Waals surface area contributed by atoms with Gasteiger partial charge in [-0.3, -0.25) is 0 Å². The molecule has 1 aromatic heterocycles. The lowest BCUT2D eigenvalue weighted by Gasteiger charge is -2.14. The second kappa shape index (κ2) is 13.5. The minimum Gasteiger partial charge on any atom is -0.396 e. The lowest BCUT2D eigenvalue weighted by molar-refractivity contribution is 0.279. The Bertz CT molecular complexity index is 581. The molecular weight excluding hydrogens is 354 g/mol. The highest BCUT2D eigenvalue weighted by Gasteiger charge is 2.15. The van der Waals surface area contributed by atoms with Crippen molar-refractivity contribution in [2.24, 2.45) is 0 Å². The summed E-state index contributed by atoms with van der Waals surface area (Å²) in [6, 6.07) is 0. The molecule has 0 spiro atoms. The number of unbranched alkanes of at least 4 members (excludes halogenated alkanes) is 6. The molecule has 156 valence electrons. The van der Waals surface area contributed by atoms with E-state index in [0.29, 0.717) is 57.8 Å². The molecule has 0 saturated heterocycles. The van der Waals surface area contributed by atoms with Gasteiger partial charge in [-0.15, -0.1) is 0 Å². The minimum atomic E-state index is -0.593. The summed E-state index contributed by atoms with van der Waals surface area (Å²) in [4.78, 5) is 37.9. The summed E-state index contributed by atoms with van der Waals surface area (Å²) < 4.78 is 3.32. The average molecular weight is 387 g/mol. The average Bonchev–Trinajstić information content (AvgIpc) is 2.66. The summed E-state index contributed by atoms with van der Waals surface area (Å²) in [5.41, 5.74) is -1.78. The quantitative estimate of drug-likeness (QED) is 0.353. The van der Waals surface area contributed by atoms with Gasteiger partial charge in [0.15, 0.2) is 0 Å². The van der Waals surface area contributed by atoms with Crippen LogP contribution in [0.15, 0.2) is 14.4 Å². The Balaban J connectivity index is 3.09. The fourth-order valence-corrected chi connectivity index (χ4v) is 2.93. The summed E-state index contributed by atoms with van der Waals surface area (Å²) in [5.74, 6) is 0. The van der Waals surface area contributed by atoms with E-state index in [1.807, 2.05) is 0 Å². The van der Waals surface area contributed by atoms with Crippen LogP contribution in [0.25, 0.3) is 0 Å². The van der Waals surface area contributed by atoms with Crippen LogP contribution in [0, 0.1) is 0 Å². The molecule has 0 fully saturated rings. The number of hydrogen-bond acceptors (Lipinski definition) is 6. The Labute approximate surface area is 158 Å². The molecule has 0 aliphatic rings. The van der Waals surface area contributed by atoms with Crippen LogP contribution in [0.4, 0.5) is 0 Å². The fraction of sp³-hybridized carbons (Fsp3) is 0.833. The molecule has 9 heteroatoms. The summed E-state index contributed by atoms with van der Waals surface area (Å²) in [7, 11) is 0. The Morgan fingerprint density at radius 1 is 0.444 bits per heavy atom. The normalized spacial score (nSPS) is 11.2. The van der Waals surface area contributed by atoms with E-state index >= 15 is 0 Å². The predicted molar refractivity (Wildman–Crippen MR) is 102 cm³/mol. The fourth-order valence-electron chi connectivity index (χ4n) is 2.93. The maximum atomic E-state index is 12.6. The number of aromatic nitrogens is 3. The molecule has 1 aromatic rings. The molecule has 1 heterocycles. The van der Waals surface area contributed by atoms with Crippen molar-refractivity contribution in [1.82, 2.24) is 13.7 Å². The molecule has 0 saturated carbocycles. The van der Waals surface area contributed by atoms with Crippen LogP contribution in [-0.4, -0.2) is 48.8 Å². The van der Waals surface area contributed by atoms with E-state index in [-0.39, 0.29) is 39.5 Å². The van der Waals surface area contributed by atoms with Crippen LogP contribution in [0.1, 0.15) is 57.8 Å². The van der Waals surface area contributed by atoms with E-state index in [4.69, 9.17) is 15.3 Å². The van der Waals surface area contributed by atoms with Crippen molar-refractivity contribution in [3.63, 3.8) is 0 Å². The van der Waals surface area contributed by atoms with Crippen LogP contribution >= 0.6 is 0 Å². The second-order valence-corrected chi connectivity index (χ2v) is 6.66. The van der Waals surface area contributed by atoms with Gasteiger partial charge in [-0.05, 0) is 57.8 Å². The molecule has 0 aliphatic carbocycles. The molecule has 9 nitrogen and oxygen atoms in total. The maximum absolute atomic E-state index is 12.6. The maximum Gasteiger partial charge on any atom is 0.336 e. The molecular formula is C18H33N3O6. The van der Waals surface area contributed by atoms with E-state index in [0.717, 1.165) is 13.7 Å². The van der Waals surface area contributed by atoms with Crippen molar-refractivity contribution in [3.05, 3.63) is 31.5 Å². The molecule has 3 N–H and O–H groups in total. The van der Waals surface area contributed by atoms with Crippen LogP contribution in [0.2, 0.25) is 0 Å². The first kappa shape index (κ1) is 23.3. The largest absolute Gasteiger partial charge is 0.396 e. The SMILES string of the molecule is O=c1n(CCCCCO)c(=O)n(CCCCCO)c(=O)n1CCCCCO. The molecule has 0 unspecified atom stereocenters. The van der Waals surface area contributed by atoms with E-state index in [1.165, 1.54) is 0 Å². The number of rotatable bonds is 15. The highest BCUT2D eigenvalue weighted by Crippen LogP contribution is 1.98. The smallest absolute Gasteiger partial charge is 0.336 e. The van der Waals surface area contributed by atoms with Gasteiger partial charge in [0.05, 0.1) is 0 Å². The van der Waals surface area contributed by atoms with Crippen LogP contribution in [0.3, 0.4) is 0 Å². The molecule has 0 aromatic carbocycles. The van der Waals surface area contributed by atoms with Crippen LogP contribution in [0.5, 0.6) is 0 Å². The van der Waals surface area contributed by atoms with E-state index < -0.39 is 17.1 Å². The van der Waals surface area contributed by atoms with E-state index in [2.05, 4.69) is 0 Å². The monoisotopic (exact) mass is 387 g/mol. The number of aliphatic hydroxyl groups is 3. The van der Waals surface area contributed by atoms with Crippen molar-refractivity contribution in [2.45, 2.75) is 77.4 Å². The summed E-state index contributed by atoms with van der Waals surface area (Å²) in [6.07, 6.45) is 5.59. The third-order valence-corrected chi connectivity index (χ3v) is 4.50. The summed E-state index contributed by atoms with van der Waals surface area (Å²) in [6.45, 7) is 0.832. The van der Waals surface area contributed by atoms with Crippen LogP contribution < -0.4 is 17.1 Å². The lowest BCUT2D eigenvalue weighted by atomic mass is 10.2. The standard InChI is InChI=1S/C18H33N3O6/c22-13-7-1-4-10-19-16(25)20(11-5-2-8-14-23)18(27)21(17(19)26)12-6-3-9-15-24/h22-24H,1-15H2. The zero-order valence-electron chi connectivity index (χ0n) is 16.0. The molecule has 0 bridgehead atoms. The van der Waals surface area contributed by atoms with Gasteiger partial charge in [0, 0.05) is 39.5 Å². The Hall–Kier alpha value is -1.71. The van der Waals surface area contributed by atoms with Crippen molar-refractivity contribution in [2.75, 3.05) is 19.8 Å². The molecule has 1 rings (SSSR count). The van der Waals surface area contributed by atoms with Crippen molar-refractivity contribution < 1.29 is 15.3 Å². The molecule has 0 atom stereocenters. The third-order valence-electron chi connectivity index (χ3n) is 4.50. The first-order valence-electron chi connectivity index (χ1n) is 9.85. The van der Waals surface area contributed by atoms with Crippen LogP contribution in [-0.2, 0) is 19.6 Å². The highest BCUT2D eigenvalue weighted by atomic mass is 16.3. The lowest BCUT2D eigenvalue weighted by Crippen LogP contribution is -2.54. The van der Waals surface area contributed by atoms with Crippen molar-refractivity contribution in [1.29, 1.82) is 0 Å². The van der Waals surface area contributed by atoms with Gasteiger partial charge < -0.3 is 15.3 Å². The number of aliphatic hydroxyl groups excluding tert-OH is 3. The van der Waals surface area contributed by atoms with E-state index in [1.54, 1.807) is 0 Å². The topological polar surface area (TPSA) is 127 Å². The first-order valence-corrected chi connectivity index (χ1v) is 9.85. The van der Waals surface area contributed by atoms with Crippen molar-refractivity contribution in [3.8, 4) is 0 Å². The molecule has 0 amide bonds. The van der Waals surface area contributed by atoms with Gasteiger partial charge in [0.25, 0.3) is 0 Å². The Morgan fingerprint density at radius 3 is 0.926 bits per heavy atom. The Morgan fingerprint density at radius 2 is 0.704 bits per heavy atom. The van der Waals surface area contributed by atoms with Gasteiger partial charge in [0.1, 0.15) is 0 Å². The van der Waals surface area contributed by atoms with Gasteiger partial charge >= 0.3 is 17.1 Å². The van der Waals surface area contributed by atoms with E-state index in [9.17, 15) is 14.4 Å². The summed E-state index contributed by atoms with van der Waals surface area (Å²) in [5, 5.41) is 26.6. The van der Waals surface area contributed by atoms with Gasteiger partial charge in [-0.25, -0.2) is 28.1 Å². The number of nitrogens with zero attached hydrogens (tertiary/aromatic N) is 3. The second-order valence-electron chi connectivity index (χ2n) is 6.66. The highest BCUT2D eigenvalue weighted by molar-refractivity contribution is 4.79. The third kappa shape index (κ3) is 7.43. The number of hydrogen-bond donors (Lipinski definition) is 3. The molecule has 27 heavy (non-hydrogen) atoms. The molecule has 0 radical (unpaired) electrons. The first-order chi connectivity index (χ1) is 13.1. The predicted octanol–water partition coefficient (Wildman–Crippen LogP) is -0.340. The minimum absolute atomic E-state index is 0.0638. The zero-order valence-corrected chi connectivity index (χ0v) is 16.0. The Kier molecular flexibility index (Phi) is 11.6. The summed E-state index contributed by atoms with van der Waals surface area (Å²) >= 11 is 0. The van der Waals surface area contributed by atoms with Gasteiger partial charge in [-0.2, -0.15) is 0 Å². The van der Waals surface area contributed by atoms with Gasteiger partial charge in [-0.1, -0.05) is 0 Å². The van der Waals surface area contributed by atoms with Gasteiger partial charge in [0.2, 0.25) is 0 Å². The zero-order chi connectivity index (χ0) is 20.1. The molecule has 0 aliphatic heterocycles.